The van der Waals surface area contributed by atoms with Gasteiger partial charge < -0.3 is 4.98 Å². The van der Waals surface area contributed by atoms with Crippen molar-refractivity contribution in [1.29, 1.82) is 0 Å². The van der Waals surface area contributed by atoms with E-state index in [0.29, 0.717) is 11.2 Å². The zero-order valence-corrected chi connectivity index (χ0v) is 22.9. The molecular formula is C39H22N2O2. The lowest BCUT2D eigenvalue weighted by Gasteiger charge is -2.07. The van der Waals surface area contributed by atoms with Gasteiger partial charge in [-0.05, 0) is 62.1 Å². The van der Waals surface area contributed by atoms with E-state index in [0.717, 1.165) is 76.3 Å². The van der Waals surface area contributed by atoms with Gasteiger partial charge >= 0.3 is 0 Å². The second-order valence-corrected chi connectivity index (χ2v) is 11.2. The Hall–Kier alpha value is -5.87. The van der Waals surface area contributed by atoms with Crippen LogP contribution in [0.2, 0.25) is 0 Å². The first-order chi connectivity index (χ1) is 21.3. The van der Waals surface area contributed by atoms with Crippen molar-refractivity contribution < 1.29 is 9.15 Å². The minimum absolute atomic E-state index is 0.638. The van der Waals surface area contributed by atoms with Crippen molar-refractivity contribution in [3.63, 3.8) is 0 Å². The highest BCUT2D eigenvalue weighted by Crippen LogP contribution is 2.42. The molecular weight excluding hydrogens is 528 g/mol. The average molecular weight is 551 g/mol. The van der Waals surface area contributed by atoms with Gasteiger partial charge in [0.1, 0.15) is 0 Å². The van der Waals surface area contributed by atoms with Crippen LogP contribution in [0.4, 0.5) is 0 Å². The van der Waals surface area contributed by atoms with E-state index in [2.05, 4.69) is 108 Å². The summed E-state index contributed by atoms with van der Waals surface area (Å²) >= 11 is 0. The number of aromatic amines is 1. The van der Waals surface area contributed by atoms with Gasteiger partial charge in [-0.2, -0.15) is 0 Å². The molecule has 10 aromatic rings. The predicted molar refractivity (Wildman–Crippen MR) is 177 cm³/mol. The van der Waals surface area contributed by atoms with Crippen LogP contribution in [-0.2, 0) is 0 Å². The van der Waals surface area contributed by atoms with Crippen molar-refractivity contribution in [3.8, 4) is 11.1 Å². The van der Waals surface area contributed by atoms with Crippen molar-refractivity contribution in [2.45, 2.75) is 0 Å². The molecule has 0 atom stereocenters. The third kappa shape index (κ3) is 3.07. The Kier molecular flexibility index (Phi) is 4.42. The maximum absolute atomic E-state index is 6.29. The van der Waals surface area contributed by atoms with Gasteiger partial charge in [-0.15, -0.1) is 0 Å². The molecule has 7 aromatic carbocycles. The summed E-state index contributed by atoms with van der Waals surface area (Å²) in [6.45, 7) is 0. The van der Waals surface area contributed by atoms with Gasteiger partial charge in [0.15, 0.2) is 11.2 Å². The summed E-state index contributed by atoms with van der Waals surface area (Å²) in [5.74, 6) is 0. The Balaban J connectivity index is 1.57. The van der Waals surface area contributed by atoms with Gasteiger partial charge in [0.05, 0.1) is 27.3 Å². The molecule has 0 amide bonds. The lowest BCUT2D eigenvalue weighted by atomic mass is 9.97. The van der Waals surface area contributed by atoms with Crippen LogP contribution in [0.5, 0.6) is 0 Å². The Bertz CT molecular complexity index is 2610. The zero-order valence-electron chi connectivity index (χ0n) is 22.9. The van der Waals surface area contributed by atoms with Crippen molar-refractivity contribution in [3.05, 3.63) is 127 Å². The van der Waals surface area contributed by atoms with E-state index < -0.39 is 0 Å². The van der Waals surface area contributed by atoms with E-state index in [9.17, 15) is 0 Å². The molecule has 0 unspecified atom stereocenters. The number of aromatic nitrogens is 2. The lowest BCUT2D eigenvalue weighted by Crippen LogP contribution is -1.82. The number of nitrogens with one attached hydrogen (secondary N) is 1. The minimum Gasteiger partial charge on any atom is -0.354 e. The molecule has 0 aliphatic carbocycles. The summed E-state index contributed by atoms with van der Waals surface area (Å²) in [5.41, 5.74) is 7.27. The summed E-state index contributed by atoms with van der Waals surface area (Å²) in [5, 5.41) is 11.0. The highest BCUT2D eigenvalue weighted by Gasteiger charge is 2.19. The molecule has 0 aliphatic heterocycles. The van der Waals surface area contributed by atoms with Crippen LogP contribution in [0, 0.1) is 0 Å². The fourth-order valence-electron chi connectivity index (χ4n) is 7.13. The second kappa shape index (κ2) is 8.34. The molecule has 4 bridgehead atoms. The van der Waals surface area contributed by atoms with E-state index >= 15 is 0 Å². The summed E-state index contributed by atoms with van der Waals surface area (Å²) in [4.78, 5) is 9.22. The molecule has 10 rings (SSSR count). The van der Waals surface area contributed by atoms with E-state index in [-0.39, 0.29) is 0 Å². The molecule has 4 heteroatoms. The minimum atomic E-state index is 0.638. The zero-order chi connectivity index (χ0) is 28.1. The first kappa shape index (κ1) is 22.8. The van der Waals surface area contributed by atoms with E-state index in [1.54, 1.807) is 0 Å². The summed E-state index contributed by atoms with van der Waals surface area (Å²) in [6, 6.07) is 44.4. The summed E-state index contributed by atoms with van der Waals surface area (Å²) in [7, 11) is 0. The first-order valence-electron chi connectivity index (χ1n) is 14.5. The molecule has 3 aromatic heterocycles. The first-order valence-corrected chi connectivity index (χ1v) is 14.5. The van der Waals surface area contributed by atoms with E-state index in [1.807, 2.05) is 24.3 Å². The summed E-state index contributed by atoms with van der Waals surface area (Å²) < 4.78 is 12.6. The molecule has 0 saturated carbocycles. The SMILES string of the molecule is c1ccc(-c2c3cc4c5ccccc5c5cccc(ooc6cccc7c8ccccc8c8cc2[nH]c8c67)c5c4n3)cc1. The van der Waals surface area contributed by atoms with Gasteiger partial charge in [-0.25, -0.2) is 4.98 Å². The molecule has 0 fully saturated rings. The molecule has 3 heterocycles. The van der Waals surface area contributed by atoms with E-state index in [1.165, 1.54) is 10.8 Å². The van der Waals surface area contributed by atoms with Crippen LogP contribution in [0.3, 0.4) is 0 Å². The third-order valence-electron chi connectivity index (χ3n) is 8.95. The maximum Gasteiger partial charge on any atom is 0.188 e. The van der Waals surface area contributed by atoms with Gasteiger partial charge in [0.2, 0.25) is 0 Å². The fraction of sp³-hybridized carbons (Fsp3) is 0. The van der Waals surface area contributed by atoms with Crippen LogP contribution in [0.1, 0.15) is 0 Å². The molecule has 0 spiro atoms. The van der Waals surface area contributed by atoms with Gasteiger partial charge in [-0.1, -0.05) is 103 Å². The fourth-order valence-corrected chi connectivity index (χ4v) is 7.13. The highest BCUT2D eigenvalue weighted by atomic mass is 17.0. The number of nitrogens with zero attached hydrogens (tertiary/aromatic N) is 1. The number of fused-ring (bicyclic) bond motifs is 8. The topological polar surface area (TPSA) is 55.0 Å². The van der Waals surface area contributed by atoms with Gasteiger partial charge in [-0.3, -0.25) is 9.15 Å². The third-order valence-corrected chi connectivity index (χ3v) is 8.95. The Morgan fingerprint density at radius 1 is 0.465 bits per heavy atom. The number of benzene rings is 7. The van der Waals surface area contributed by atoms with Crippen molar-refractivity contribution in [1.82, 2.24) is 9.97 Å². The number of rotatable bonds is 1. The standard InChI is InChI=1S/C39H22N2O2/c1-2-10-22(11-3-1)35-31-20-29-25-14-6-4-12-23(25)27-16-8-18-33(36(27)38(29)40-31)42-43-34-19-9-17-28-24-13-5-7-15-26(24)30-21-32(35)41-39(30)37(28)34/h1-21,40H. The number of hydrogen-bond acceptors (Lipinski definition) is 3. The molecule has 1 N–H and O–H groups in total. The average Bonchev–Trinajstić information content (AvgIpc) is 3.70. The monoisotopic (exact) mass is 550 g/mol. The van der Waals surface area contributed by atoms with Gasteiger partial charge in [0, 0.05) is 21.9 Å². The molecule has 43 heavy (non-hydrogen) atoms. The Morgan fingerprint density at radius 2 is 1.02 bits per heavy atom. The molecule has 0 saturated heterocycles. The largest absolute Gasteiger partial charge is 0.354 e. The predicted octanol–water partition coefficient (Wildman–Crippen LogP) is 11.1. The number of H-pyrrole nitrogens is 1. The normalized spacial score (nSPS) is 12.2. The maximum atomic E-state index is 6.29. The van der Waals surface area contributed by atoms with Crippen LogP contribution < -0.4 is 0 Å². The van der Waals surface area contributed by atoms with Crippen molar-refractivity contribution >= 4 is 87.1 Å². The van der Waals surface area contributed by atoms with Crippen LogP contribution in [-0.4, -0.2) is 9.97 Å². The Labute approximate surface area is 244 Å². The quantitative estimate of drug-likeness (QED) is 0.163. The van der Waals surface area contributed by atoms with Crippen molar-refractivity contribution in [2.24, 2.45) is 0 Å². The molecule has 0 aliphatic rings. The molecule has 0 radical (unpaired) electrons. The summed E-state index contributed by atoms with van der Waals surface area (Å²) in [6.07, 6.45) is 0. The molecule has 200 valence electrons. The van der Waals surface area contributed by atoms with Crippen LogP contribution in [0.15, 0.2) is 137 Å². The Morgan fingerprint density at radius 3 is 1.72 bits per heavy atom. The van der Waals surface area contributed by atoms with E-state index in [4.69, 9.17) is 14.1 Å². The lowest BCUT2D eigenvalue weighted by molar-refractivity contribution is 0.0914. The number of hydrogen-bond donors (Lipinski definition) is 1. The van der Waals surface area contributed by atoms with Crippen molar-refractivity contribution in [2.75, 3.05) is 0 Å². The highest BCUT2D eigenvalue weighted by molar-refractivity contribution is 6.30. The van der Waals surface area contributed by atoms with Crippen LogP contribution in [0.25, 0.3) is 98.2 Å². The van der Waals surface area contributed by atoms with Crippen LogP contribution >= 0.6 is 0 Å². The second-order valence-electron chi connectivity index (χ2n) is 11.2. The van der Waals surface area contributed by atoms with Gasteiger partial charge in [0.25, 0.3) is 0 Å². The molecule has 4 nitrogen and oxygen atoms in total. The smallest absolute Gasteiger partial charge is 0.188 e.